The summed E-state index contributed by atoms with van der Waals surface area (Å²) in [7, 11) is 0. The second-order valence-electron chi connectivity index (χ2n) is 5.30. The van der Waals surface area contributed by atoms with Crippen LogP contribution in [0.2, 0.25) is 5.15 Å². The zero-order valence-electron chi connectivity index (χ0n) is 11.6. The molecule has 1 nitrogen and oxygen atoms in total. The molecule has 0 bridgehead atoms. The highest BCUT2D eigenvalue weighted by atomic mass is 35.5. The summed E-state index contributed by atoms with van der Waals surface area (Å²) in [5.74, 6) is 0.375. The SMILES string of the molecule is CC(C)c1cc2cc(-c3ccccc3)ccc2nc1Cl. The summed E-state index contributed by atoms with van der Waals surface area (Å²) in [6.45, 7) is 4.27. The van der Waals surface area contributed by atoms with Gasteiger partial charge in [-0.15, -0.1) is 0 Å². The zero-order valence-corrected chi connectivity index (χ0v) is 12.4. The molecule has 0 N–H and O–H groups in total. The van der Waals surface area contributed by atoms with Crippen LogP contribution in [0.4, 0.5) is 0 Å². The first kappa shape index (κ1) is 13.1. The Kier molecular flexibility index (Phi) is 3.45. The predicted molar refractivity (Wildman–Crippen MR) is 86.3 cm³/mol. The van der Waals surface area contributed by atoms with Gasteiger partial charge in [-0.05, 0) is 40.8 Å². The smallest absolute Gasteiger partial charge is 0.133 e. The monoisotopic (exact) mass is 281 g/mol. The summed E-state index contributed by atoms with van der Waals surface area (Å²) in [5, 5.41) is 1.75. The predicted octanol–water partition coefficient (Wildman–Crippen LogP) is 5.68. The molecule has 1 aromatic heterocycles. The van der Waals surface area contributed by atoms with Crippen molar-refractivity contribution in [1.29, 1.82) is 0 Å². The minimum absolute atomic E-state index is 0.375. The van der Waals surface area contributed by atoms with E-state index in [9.17, 15) is 0 Å². The summed E-state index contributed by atoms with van der Waals surface area (Å²) >= 11 is 6.24. The maximum Gasteiger partial charge on any atom is 0.133 e. The lowest BCUT2D eigenvalue weighted by Gasteiger charge is -2.10. The van der Waals surface area contributed by atoms with Crippen molar-refractivity contribution < 1.29 is 0 Å². The molecule has 2 heteroatoms. The number of hydrogen-bond acceptors (Lipinski definition) is 1. The van der Waals surface area contributed by atoms with E-state index in [0.717, 1.165) is 16.5 Å². The van der Waals surface area contributed by atoms with Gasteiger partial charge in [-0.2, -0.15) is 0 Å². The van der Waals surface area contributed by atoms with Crippen LogP contribution in [0.3, 0.4) is 0 Å². The molecule has 3 aromatic rings. The first-order valence-electron chi connectivity index (χ1n) is 6.81. The van der Waals surface area contributed by atoms with E-state index >= 15 is 0 Å². The number of benzene rings is 2. The van der Waals surface area contributed by atoms with Crippen molar-refractivity contribution in [1.82, 2.24) is 4.98 Å². The van der Waals surface area contributed by atoms with Crippen molar-refractivity contribution in [2.75, 3.05) is 0 Å². The second-order valence-corrected chi connectivity index (χ2v) is 5.65. The van der Waals surface area contributed by atoms with Gasteiger partial charge in [0, 0.05) is 5.39 Å². The third-order valence-corrected chi connectivity index (χ3v) is 3.83. The molecule has 0 saturated heterocycles. The molecule has 0 fully saturated rings. The molecule has 100 valence electrons. The molecule has 3 rings (SSSR count). The molecule has 0 unspecified atom stereocenters. The minimum atomic E-state index is 0.375. The molecule has 0 aliphatic rings. The van der Waals surface area contributed by atoms with Gasteiger partial charge in [0.2, 0.25) is 0 Å². The Hall–Kier alpha value is -1.86. The highest BCUT2D eigenvalue weighted by Gasteiger charge is 2.09. The van der Waals surface area contributed by atoms with Crippen LogP contribution >= 0.6 is 11.6 Å². The molecule has 0 atom stereocenters. The van der Waals surface area contributed by atoms with Crippen molar-refractivity contribution in [2.45, 2.75) is 19.8 Å². The van der Waals surface area contributed by atoms with Crippen LogP contribution in [-0.2, 0) is 0 Å². The Morgan fingerprint density at radius 2 is 1.65 bits per heavy atom. The van der Waals surface area contributed by atoms with E-state index in [-0.39, 0.29) is 0 Å². The summed E-state index contributed by atoms with van der Waals surface area (Å²) < 4.78 is 0. The van der Waals surface area contributed by atoms with Gasteiger partial charge in [0.1, 0.15) is 5.15 Å². The highest BCUT2D eigenvalue weighted by Crippen LogP contribution is 2.29. The molecule has 0 radical (unpaired) electrons. The number of aromatic nitrogens is 1. The topological polar surface area (TPSA) is 12.9 Å². The van der Waals surface area contributed by atoms with Crippen molar-refractivity contribution in [3.8, 4) is 11.1 Å². The average molecular weight is 282 g/mol. The number of halogens is 1. The van der Waals surface area contributed by atoms with E-state index in [1.807, 2.05) is 12.1 Å². The van der Waals surface area contributed by atoms with Crippen molar-refractivity contribution >= 4 is 22.5 Å². The van der Waals surface area contributed by atoms with E-state index in [4.69, 9.17) is 11.6 Å². The van der Waals surface area contributed by atoms with Gasteiger partial charge in [-0.3, -0.25) is 0 Å². The lowest BCUT2D eigenvalue weighted by Crippen LogP contribution is -1.93. The number of nitrogens with zero attached hydrogens (tertiary/aromatic N) is 1. The Balaban J connectivity index is 2.18. The number of rotatable bonds is 2. The van der Waals surface area contributed by atoms with Crippen molar-refractivity contribution in [2.24, 2.45) is 0 Å². The third-order valence-electron chi connectivity index (χ3n) is 3.52. The third kappa shape index (κ3) is 2.41. The highest BCUT2D eigenvalue weighted by molar-refractivity contribution is 6.30. The van der Waals surface area contributed by atoms with Crippen LogP contribution in [0.1, 0.15) is 25.3 Å². The Morgan fingerprint density at radius 3 is 2.35 bits per heavy atom. The second kappa shape index (κ2) is 5.26. The summed E-state index contributed by atoms with van der Waals surface area (Å²) in [5.41, 5.74) is 4.47. The van der Waals surface area contributed by atoms with Gasteiger partial charge < -0.3 is 0 Å². The largest absolute Gasteiger partial charge is 0.236 e. The van der Waals surface area contributed by atoms with E-state index < -0.39 is 0 Å². The summed E-state index contributed by atoms with van der Waals surface area (Å²) in [6, 6.07) is 18.8. The molecule has 0 spiro atoms. The minimum Gasteiger partial charge on any atom is -0.236 e. The van der Waals surface area contributed by atoms with E-state index in [2.05, 4.69) is 61.3 Å². The summed E-state index contributed by atoms with van der Waals surface area (Å²) in [4.78, 5) is 4.50. The van der Waals surface area contributed by atoms with Crippen LogP contribution in [0.25, 0.3) is 22.0 Å². The molecular formula is C18H16ClN. The fourth-order valence-corrected chi connectivity index (χ4v) is 2.75. The maximum absolute atomic E-state index is 6.24. The Labute approximate surface area is 124 Å². The molecule has 1 heterocycles. The maximum atomic E-state index is 6.24. The van der Waals surface area contributed by atoms with E-state index in [1.54, 1.807) is 0 Å². The zero-order chi connectivity index (χ0) is 14.1. The standard InChI is InChI=1S/C18H16ClN/c1-12(2)16-11-15-10-14(13-6-4-3-5-7-13)8-9-17(15)20-18(16)19/h3-12H,1-2H3. The van der Waals surface area contributed by atoms with Gasteiger partial charge >= 0.3 is 0 Å². The Morgan fingerprint density at radius 1 is 0.900 bits per heavy atom. The van der Waals surface area contributed by atoms with Crippen LogP contribution < -0.4 is 0 Å². The van der Waals surface area contributed by atoms with E-state index in [0.29, 0.717) is 11.1 Å². The molecular weight excluding hydrogens is 266 g/mol. The first-order chi connectivity index (χ1) is 9.65. The molecule has 0 amide bonds. The average Bonchev–Trinajstić information content (AvgIpc) is 2.47. The van der Waals surface area contributed by atoms with Gasteiger partial charge in [-0.25, -0.2) is 4.98 Å². The number of fused-ring (bicyclic) bond motifs is 1. The van der Waals surface area contributed by atoms with Crippen LogP contribution in [-0.4, -0.2) is 4.98 Å². The van der Waals surface area contributed by atoms with Gasteiger partial charge in [0.05, 0.1) is 5.52 Å². The fourth-order valence-electron chi connectivity index (χ4n) is 2.38. The normalized spacial score (nSPS) is 11.2. The summed E-state index contributed by atoms with van der Waals surface area (Å²) in [6.07, 6.45) is 0. The van der Waals surface area contributed by atoms with Crippen molar-refractivity contribution in [3.63, 3.8) is 0 Å². The van der Waals surface area contributed by atoms with Crippen LogP contribution in [0, 0.1) is 0 Å². The van der Waals surface area contributed by atoms with Gasteiger partial charge in [-0.1, -0.05) is 61.8 Å². The van der Waals surface area contributed by atoms with Crippen molar-refractivity contribution in [3.05, 3.63) is 65.3 Å². The number of hydrogen-bond donors (Lipinski definition) is 0. The van der Waals surface area contributed by atoms with Gasteiger partial charge in [0.15, 0.2) is 0 Å². The molecule has 0 saturated carbocycles. The van der Waals surface area contributed by atoms with Gasteiger partial charge in [0.25, 0.3) is 0 Å². The Bertz CT molecular complexity index is 748. The molecule has 0 aliphatic carbocycles. The molecule has 20 heavy (non-hydrogen) atoms. The van der Waals surface area contributed by atoms with Crippen LogP contribution in [0.5, 0.6) is 0 Å². The fraction of sp³-hybridized carbons (Fsp3) is 0.167. The lowest BCUT2D eigenvalue weighted by atomic mass is 10.00. The van der Waals surface area contributed by atoms with E-state index in [1.165, 1.54) is 11.1 Å². The lowest BCUT2D eigenvalue weighted by molar-refractivity contribution is 0.862. The quantitative estimate of drug-likeness (QED) is 0.551. The molecule has 0 aliphatic heterocycles. The first-order valence-corrected chi connectivity index (χ1v) is 7.18. The molecule has 2 aromatic carbocycles. The number of pyridine rings is 1. The van der Waals surface area contributed by atoms with Crippen LogP contribution in [0.15, 0.2) is 54.6 Å².